The van der Waals surface area contributed by atoms with Gasteiger partial charge in [0.1, 0.15) is 0 Å². The van der Waals surface area contributed by atoms with Gasteiger partial charge in [-0.05, 0) is 48.0 Å². The molecule has 7 nitrogen and oxygen atoms in total. The van der Waals surface area contributed by atoms with Gasteiger partial charge in [-0.15, -0.1) is 0 Å². The number of hydrogen-bond donors (Lipinski definition) is 2. The first-order chi connectivity index (χ1) is 14.4. The van der Waals surface area contributed by atoms with Gasteiger partial charge in [-0.2, -0.15) is 5.26 Å². The van der Waals surface area contributed by atoms with Gasteiger partial charge in [-0.3, -0.25) is 10.3 Å². The summed E-state index contributed by atoms with van der Waals surface area (Å²) >= 11 is 11.8. The maximum Gasteiger partial charge on any atom is 0.209 e. The van der Waals surface area contributed by atoms with Crippen molar-refractivity contribution in [3.05, 3.63) is 82.6 Å². The molecule has 30 heavy (non-hydrogen) atoms. The van der Waals surface area contributed by atoms with Crippen molar-refractivity contribution in [3.63, 3.8) is 0 Å². The third kappa shape index (κ3) is 5.48. The highest BCUT2D eigenvalue weighted by atomic mass is 35.5. The van der Waals surface area contributed by atoms with Crippen LogP contribution in [0.25, 0.3) is 0 Å². The van der Waals surface area contributed by atoms with Crippen LogP contribution in [-0.4, -0.2) is 19.4 Å². The number of halogens is 2. The Morgan fingerprint density at radius 1 is 1.00 bits per heavy atom. The molecule has 0 saturated heterocycles. The molecule has 0 aliphatic rings. The molecular formula is C20H15Cl2N5O2S. The van der Waals surface area contributed by atoms with Gasteiger partial charge in [0, 0.05) is 28.1 Å². The molecule has 2 N–H and O–H groups in total. The van der Waals surface area contributed by atoms with Crippen molar-refractivity contribution in [2.45, 2.75) is 16.3 Å². The highest BCUT2D eigenvalue weighted by Crippen LogP contribution is 2.27. The van der Waals surface area contributed by atoms with Crippen molar-refractivity contribution in [1.82, 2.24) is 10.3 Å². The quantitative estimate of drug-likeness (QED) is 0.255. The van der Waals surface area contributed by atoms with E-state index in [9.17, 15) is 8.42 Å². The first kappa shape index (κ1) is 21.6. The van der Waals surface area contributed by atoms with Gasteiger partial charge in [0.25, 0.3) is 0 Å². The van der Waals surface area contributed by atoms with E-state index in [1.807, 2.05) is 6.19 Å². The number of nitrogens with zero attached hydrogens (tertiary/aromatic N) is 3. The fourth-order valence-electron chi connectivity index (χ4n) is 2.50. The third-order valence-electron chi connectivity index (χ3n) is 3.92. The lowest BCUT2D eigenvalue weighted by molar-refractivity contribution is 0.596. The van der Waals surface area contributed by atoms with E-state index in [-0.39, 0.29) is 32.3 Å². The highest BCUT2D eigenvalue weighted by molar-refractivity contribution is 7.91. The molecule has 0 fully saturated rings. The molecule has 2 aromatic carbocycles. The van der Waals surface area contributed by atoms with E-state index in [4.69, 9.17) is 28.5 Å². The van der Waals surface area contributed by atoms with Crippen LogP contribution in [0.5, 0.6) is 0 Å². The summed E-state index contributed by atoms with van der Waals surface area (Å²) in [6.07, 6.45) is 5.04. The Hall–Kier alpha value is -3.12. The summed E-state index contributed by atoms with van der Waals surface area (Å²) in [4.78, 5) is 8.37. The zero-order chi connectivity index (χ0) is 21.6. The van der Waals surface area contributed by atoms with Crippen LogP contribution < -0.4 is 10.6 Å². The standard InChI is InChI=1S/C20H15Cl2N5O2S/c21-15-9-16(22)11-19(10-15)30(28,29)18-3-1-14(2-4-18)12-25-20(26-13-23)27-17-5-7-24-8-6-17/h1-11H,12H2,(H2,24,25,26,27). The lowest BCUT2D eigenvalue weighted by Crippen LogP contribution is -2.26. The van der Waals surface area contributed by atoms with Gasteiger partial charge < -0.3 is 5.32 Å². The Labute approximate surface area is 183 Å². The van der Waals surface area contributed by atoms with E-state index in [2.05, 4.69) is 20.6 Å². The maximum absolute atomic E-state index is 12.8. The fraction of sp³-hybridized carbons (Fsp3) is 0.0500. The number of hydrogen-bond acceptors (Lipinski definition) is 5. The molecular weight excluding hydrogens is 445 g/mol. The topological polar surface area (TPSA) is 107 Å². The number of aromatic nitrogens is 1. The van der Waals surface area contributed by atoms with E-state index in [0.29, 0.717) is 5.69 Å². The molecule has 10 heteroatoms. The zero-order valence-electron chi connectivity index (χ0n) is 15.4. The molecule has 0 aliphatic carbocycles. The number of pyridine rings is 1. The zero-order valence-corrected chi connectivity index (χ0v) is 17.7. The SMILES string of the molecule is N#CNC(=NCc1ccc(S(=O)(=O)c2cc(Cl)cc(Cl)c2)cc1)Nc1ccncc1. The lowest BCUT2D eigenvalue weighted by Gasteiger charge is -2.09. The van der Waals surface area contributed by atoms with Gasteiger partial charge in [0.2, 0.25) is 15.8 Å². The van der Waals surface area contributed by atoms with Crippen molar-refractivity contribution in [3.8, 4) is 6.19 Å². The van der Waals surface area contributed by atoms with Crippen molar-refractivity contribution in [2.75, 3.05) is 5.32 Å². The molecule has 0 aliphatic heterocycles. The van der Waals surface area contributed by atoms with E-state index in [0.717, 1.165) is 5.56 Å². The van der Waals surface area contributed by atoms with Crippen LogP contribution in [0.4, 0.5) is 5.69 Å². The van der Waals surface area contributed by atoms with Crippen molar-refractivity contribution in [2.24, 2.45) is 4.99 Å². The van der Waals surface area contributed by atoms with Crippen LogP contribution in [0.2, 0.25) is 10.0 Å². The fourth-order valence-corrected chi connectivity index (χ4v) is 4.49. The van der Waals surface area contributed by atoms with Gasteiger partial charge >= 0.3 is 0 Å². The number of anilines is 1. The summed E-state index contributed by atoms with van der Waals surface area (Å²) in [5.74, 6) is 0.258. The largest absolute Gasteiger partial charge is 0.325 e. The second kappa shape index (κ2) is 9.59. The molecule has 1 aromatic heterocycles. The molecule has 0 amide bonds. The first-order valence-corrected chi connectivity index (χ1v) is 10.8. The molecule has 3 aromatic rings. The Morgan fingerprint density at radius 3 is 2.23 bits per heavy atom. The van der Waals surface area contributed by atoms with Crippen molar-refractivity contribution >= 4 is 44.7 Å². The number of rotatable bonds is 5. The smallest absolute Gasteiger partial charge is 0.209 e. The maximum atomic E-state index is 12.8. The average Bonchev–Trinajstić information content (AvgIpc) is 2.72. The molecule has 1 heterocycles. The minimum absolute atomic E-state index is 0.0211. The number of benzene rings is 2. The van der Waals surface area contributed by atoms with E-state index in [1.165, 1.54) is 30.3 Å². The van der Waals surface area contributed by atoms with Crippen molar-refractivity contribution in [1.29, 1.82) is 5.26 Å². The number of sulfone groups is 1. The van der Waals surface area contributed by atoms with Gasteiger partial charge in [0.15, 0.2) is 6.19 Å². The van der Waals surface area contributed by atoms with E-state index < -0.39 is 9.84 Å². The highest BCUT2D eigenvalue weighted by Gasteiger charge is 2.18. The second-order valence-electron chi connectivity index (χ2n) is 6.02. The monoisotopic (exact) mass is 459 g/mol. The van der Waals surface area contributed by atoms with Crippen molar-refractivity contribution < 1.29 is 8.42 Å². The van der Waals surface area contributed by atoms with Crippen LogP contribution in [0.15, 0.2) is 81.8 Å². The molecule has 152 valence electrons. The Kier molecular flexibility index (Phi) is 6.90. The minimum atomic E-state index is -3.76. The Balaban J connectivity index is 1.77. The van der Waals surface area contributed by atoms with E-state index >= 15 is 0 Å². The summed E-state index contributed by atoms with van der Waals surface area (Å²) in [5, 5.41) is 14.8. The summed E-state index contributed by atoms with van der Waals surface area (Å²) in [6, 6.07) is 13.9. The first-order valence-electron chi connectivity index (χ1n) is 8.55. The molecule has 0 saturated carbocycles. The molecule has 0 bridgehead atoms. The molecule has 3 rings (SSSR count). The van der Waals surface area contributed by atoms with Crippen LogP contribution in [0.3, 0.4) is 0 Å². The predicted octanol–water partition coefficient (Wildman–Crippen LogP) is 4.26. The van der Waals surface area contributed by atoms with E-state index in [1.54, 1.807) is 36.7 Å². The number of nitriles is 1. The third-order valence-corrected chi connectivity index (χ3v) is 6.10. The summed E-state index contributed by atoms with van der Waals surface area (Å²) in [6.45, 7) is 0.228. The normalized spacial score (nSPS) is 11.6. The number of nitrogens with one attached hydrogen (secondary N) is 2. The number of aliphatic imine (C=N–C) groups is 1. The Morgan fingerprint density at radius 2 is 1.63 bits per heavy atom. The molecule has 0 atom stereocenters. The Bertz CT molecular complexity index is 1190. The summed E-state index contributed by atoms with van der Waals surface area (Å²) in [5.41, 5.74) is 1.47. The molecule has 0 unspecified atom stereocenters. The van der Waals surface area contributed by atoms with Gasteiger partial charge in [-0.1, -0.05) is 35.3 Å². The van der Waals surface area contributed by atoms with Gasteiger partial charge in [-0.25, -0.2) is 13.4 Å². The molecule has 0 radical (unpaired) electrons. The van der Waals surface area contributed by atoms with Crippen LogP contribution in [-0.2, 0) is 16.4 Å². The van der Waals surface area contributed by atoms with Crippen LogP contribution >= 0.6 is 23.2 Å². The second-order valence-corrected chi connectivity index (χ2v) is 8.84. The lowest BCUT2D eigenvalue weighted by atomic mass is 10.2. The van der Waals surface area contributed by atoms with Crippen LogP contribution in [0, 0.1) is 11.5 Å². The number of guanidine groups is 1. The average molecular weight is 460 g/mol. The summed E-state index contributed by atoms with van der Waals surface area (Å²) < 4.78 is 25.6. The summed E-state index contributed by atoms with van der Waals surface area (Å²) in [7, 11) is -3.76. The minimum Gasteiger partial charge on any atom is -0.325 e. The van der Waals surface area contributed by atoms with Gasteiger partial charge in [0.05, 0.1) is 16.3 Å². The predicted molar refractivity (Wildman–Crippen MR) is 116 cm³/mol. The van der Waals surface area contributed by atoms with Crippen LogP contribution in [0.1, 0.15) is 5.56 Å². The molecule has 0 spiro atoms.